The van der Waals surface area contributed by atoms with E-state index in [4.69, 9.17) is 4.74 Å². The molecule has 2 aromatic carbocycles. The van der Waals surface area contributed by atoms with Crippen LogP contribution in [0.3, 0.4) is 0 Å². The van der Waals surface area contributed by atoms with Gasteiger partial charge in [0.15, 0.2) is 0 Å². The van der Waals surface area contributed by atoms with Crippen LogP contribution in [0.2, 0.25) is 0 Å². The molecule has 170 valence electrons. The summed E-state index contributed by atoms with van der Waals surface area (Å²) in [6, 6.07) is 8.71. The summed E-state index contributed by atoms with van der Waals surface area (Å²) in [6.07, 6.45) is -3.10. The number of methoxy groups -OCH3 is 1. The Morgan fingerprint density at radius 1 is 1.16 bits per heavy atom. The number of anilines is 1. The zero-order valence-corrected chi connectivity index (χ0v) is 18.5. The molecule has 0 heterocycles. The maximum atomic E-state index is 12.8. The summed E-state index contributed by atoms with van der Waals surface area (Å²) < 4.78 is 68.7. The van der Waals surface area contributed by atoms with Crippen LogP contribution >= 0.6 is 0 Å². The molecule has 0 unspecified atom stereocenters. The fourth-order valence-corrected chi connectivity index (χ4v) is 3.98. The average molecular weight is 459 g/mol. The number of sulfonamides is 1. The van der Waals surface area contributed by atoms with Crippen molar-refractivity contribution in [2.24, 2.45) is 0 Å². The topological polar surface area (TPSA) is 75.7 Å². The number of amides is 1. The first-order chi connectivity index (χ1) is 14.4. The lowest BCUT2D eigenvalue weighted by Gasteiger charge is -2.24. The van der Waals surface area contributed by atoms with Gasteiger partial charge in [-0.2, -0.15) is 13.2 Å². The lowest BCUT2D eigenvalue weighted by molar-refractivity contribution is -0.137. The summed E-state index contributed by atoms with van der Waals surface area (Å²) in [5, 5.41) is 2.79. The molecule has 2 aromatic rings. The molecule has 1 N–H and O–H groups in total. The van der Waals surface area contributed by atoms with Crippen molar-refractivity contribution in [2.45, 2.75) is 32.5 Å². The largest absolute Gasteiger partial charge is 0.496 e. The second-order valence-electron chi connectivity index (χ2n) is 7.07. The van der Waals surface area contributed by atoms with E-state index in [9.17, 15) is 26.4 Å². The molecule has 6 nitrogen and oxygen atoms in total. The first-order valence-electron chi connectivity index (χ1n) is 9.45. The van der Waals surface area contributed by atoms with E-state index in [1.165, 1.54) is 0 Å². The highest BCUT2D eigenvalue weighted by atomic mass is 32.2. The SMILES string of the molecule is CC[C@@H](NC(=O)CN(c1ccc(C(F)(F)F)cc1)S(C)(=O)=O)c1ccc(OC)c(C)c1. The molecule has 0 bridgehead atoms. The van der Waals surface area contributed by atoms with Gasteiger partial charge in [0.05, 0.1) is 30.7 Å². The Bertz CT molecular complexity index is 1020. The van der Waals surface area contributed by atoms with Gasteiger partial charge in [-0.25, -0.2) is 8.42 Å². The van der Waals surface area contributed by atoms with Gasteiger partial charge in [-0.15, -0.1) is 0 Å². The van der Waals surface area contributed by atoms with Gasteiger partial charge in [0.1, 0.15) is 12.3 Å². The van der Waals surface area contributed by atoms with E-state index in [-0.39, 0.29) is 11.7 Å². The van der Waals surface area contributed by atoms with E-state index in [0.717, 1.165) is 46.0 Å². The predicted molar refractivity (Wildman–Crippen MR) is 113 cm³/mol. The molecule has 0 aromatic heterocycles. The third kappa shape index (κ3) is 6.36. The second kappa shape index (κ2) is 9.59. The number of aryl methyl sites for hydroxylation is 1. The van der Waals surface area contributed by atoms with Gasteiger partial charge in [0.2, 0.25) is 15.9 Å². The molecule has 0 saturated heterocycles. The van der Waals surface area contributed by atoms with E-state index >= 15 is 0 Å². The Hall–Kier alpha value is -2.75. The lowest BCUT2D eigenvalue weighted by atomic mass is 10.0. The number of alkyl halides is 3. The first-order valence-corrected chi connectivity index (χ1v) is 11.3. The van der Waals surface area contributed by atoms with Crippen molar-refractivity contribution in [1.82, 2.24) is 5.32 Å². The maximum absolute atomic E-state index is 12.8. The number of carbonyl (C=O) groups excluding carboxylic acids is 1. The molecule has 10 heteroatoms. The van der Waals surface area contributed by atoms with E-state index in [2.05, 4.69) is 5.32 Å². The monoisotopic (exact) mass is 458 g/mol. The number of halogens is 3. The second-order valence-corrected chi connectivity index (χ2v) is 8.98. The van der Waals surface area contributed by atoms with Crippen LogP contribution in [0.5, 0.6) is 5.75 Å². The molecule has 31 heavy (non-hydrogen) atoms. The van der Waals surface area contributed by atoms with Gasteiger partial charge < -0.3 is 10.1 Å². The van der Waals surface area contributed by atoms with E-state index < -0.39 is 34.2 Å². The minimum absolute atomic E-state index is 0.0287. The van der Waals surface area contributed by atoms with Gasteiger partial charge in [0.25, 0.3) is 0 Å². The highest BCUT2D eigenvalue weighted by molar-refractivity contribution is 7.92. The number of nitrogens with one attached hydrogen (secondary N) is 1. The molecule has 0 saturated carbocycles. The van der Waals surface area contributed by atoms with Crippen LogP contribution in [-0.2, 0) is 21.0 Å². The highest BCUT2D eigenvalue weighted by Gasteiger charge is 2.31. The standard InChI is InChI=1S/C21H25F3N2O4S/c1-5-18(15-6-11-19(30-3)14(2)12-15)25-20(27)13-26(31(4,28)29)17-9-7-16(8-10-17)21(22,23)24/h6-12,18H,5,13H2,1-4H3,(H,25,27)/t18-/m1/s1. The smallest absolute Gasteiger partial charge is 0.416 e. The van der Waals surface area contributed by atoms with Gasteiger partial charge >= 0.3 is 6.18 Å². The molecule has 0 spiro atoms. The molecular weight excluding hydrogens is 433 g/mol. The van der Waals surface area contributed by atoms with E-state index in [0.29, 0.717) is 12.2 Å². The molecule has 0 fully saturated rings. The van der Waals surface area contributed by atoms with Crippen molar-refractivity contribution in [2.75, 3.05) is 24.2 Å². The summed E-state index contributed by atoms with van der Waals surface area (Å²) in [4.78, 5) is 12.6. The Labute approximate surface area is 180 Å². The normalized spacial score (nSPS) is 12.9. The third-order valence-electron chi connectivity index (χ3n) is 4.73. The van der Waals surface area contributed by atoms with Crippen molar-refractivity contribution >= 4 is 21.6 Å². The quantitative estimate of drug-likeness (QED) is 0.648. The first kappa shape index (κ1) is 24.5. The molecule has 1 amide bonds. The summed E-state index contributed by atoms with van der Waals surface area (Å²) >= 11 is 0. The number of carbonyl (C=O) groups is 1. The Kier molecular flexibility index (Phi) is 7.58. The highest BCUT2D eigenvalue weighted by Crippen LogP contribution is 2.31. The zero-order valence-electron chi connectivity index (χ0n) is 17.7. The van der Waals surface area contributed by atoms with Gasteiger partial charge in [-0.3, -0.25) is 9.10 Å². The summed E-state index contributed by atoms with van der Waals surface area (Å²) in [6.45, 7) is 3.18. The molecule has 0 aliphatic rings. The van der Waals surface area contributed by atoms with Crippen LogP contribution in [0.25, 0.3) is 0 Å². The molecule has 0 radical (unpaired) electrons. The van der Waals surface area contributed by atoms with Crippen LogP contribution in [0.4, 0.5) is 18.9 Å². The Morgan fingerprint density at radius 3 is 2.23 bits per heavy atom. The van der Waals surface area contributed by atoms with Crippen molar-refractivity contribution in [3.8, 4) is 5.75 Å². The summed E-state index contributed by atoms with van der Waals surface area (Å²) in [5.41, 5.74) is 0.777. The third-order valence-corrected chi connectivity index (χ3v) is 5.88. The van der Waals surface area contributed by atoms with Crippen LogP contribution in [0.15, 0.2) is 42.5 Å². The van der Waals surface area contributed by atoms with Gasteiger partial charge in [0, 0.05) is 0 Å². The predicted octanol–water partition coefficient (Wildman–Crippen LogP) is 4.06. The van der Waals surface area contributed by atoms with Gasteiger partial charge in [-0.1, -0.05) is 19.1 Å². The van der Waals surface area contributed by atoms with Gasteiger partial charge in [-0.05, 0) is 54.8 Å². The number of hydrogen-bond donors (Lipinski definition) is 1. The zero-order chi connectivity index (χ0) is 23.4. The number of benzene rings is 2. The van der Waals surface area contributed by atoms with Crippen LogP contribution in [0, 0.1) is 6.92 Å². The van der Waals surface area contributed by atoms with Crippen LogP contribution < -0.4 is 14.4 Å². The van der Waals surface area contributed by atoms with Crippen LogP contribution in [-0.4, -0.2) is 34.2 Å². The number of ether oxygens (including phenoxy) is 1. The van der Waals surface area contributed by atoms with Crippen molar-refractivity contribution in [1.29, 1.82) is 0 Å². The summed E-state index contributed by atoms with van der Waals surface area (Å²) in [5.74, 6) is 0.126. The Balaban J connectivity index is 2.21. The Morgan fingerprint density at radius 2 is 1.77 bits per heavy atom. The number of rotatable bonds is 8. The molecule has 2 rings (SSSR count). The van der Waals surface area contributed by atoms with E-state index in [1.54, 1.807) is 13.2 Å². The van der Waals surface area contributed by atoms with E-state index in [1.807, 2.05) is 26.0 Å². The fourth-order valence-electron chi connectivity index (χ4n) is 3.13. The number of hydrogen-bond acceptors (Lipinski definition) is 4. The molecule has 0 aliphatic carbocycles. The van der Waals surface area contributed by atoms with Crippen molar-refractivity contribution < 1.29 is 31.1 Å². The molecule has 0 aliphatic heterocycles. The van der Waals surface area contributed by atoms with Crippen molar-refractivity contribution in [3.63, 3.8) is 0 Å². The van der Waals surface area contributed by atoms with Crippen molar-refractivity contribution in [3.05, 3.63) is 59.2 Å². The fraction of sp³-hybridized carbons (Fsp3) is 0.381. The lowest BCUT2D eigenvalue weighted by Crippen LogP contribution is -2.41. The molecule has 1 atom stereocenters. The minimum atomic E-state index is -4.54. The maximum Gasteiger partial charge on any atom is 0.416 e. The number of nitrogens with zero attached hydrogens (tertiary/aromatic N) is 1. The summed E-state index contributed by atoms with van der Waals surface area (Å²) in [7, 11) is -2.35. The average Bonchev–Trinajstić information content (AvgIpc) is 2.68. The molecular formula is C21H25F3N2O4S. The van der Waals surface area contributed by atoms with Crippen LogP contribution in [0.1, 0.15) is 36.1 Å². The minimum Gasteiger partial charge on any atom is -0.496 e.